The lowest BCUT2D eigenvalue weighted by Crippen LogP contribution is -2.37. The third kappa shape index (κ3) is 4.12. The van der Waals surface area contributed by atoms with E-state index in [4.69, 9.17) is 14.6 Å². The van der Waals surface area contributed by atoms with Crippen molar-refractivity contribution >= 4 is 26.4 Å². The zero-order valence-electron chi connectivity index (χ0n) is 10.7. The first-order valence-corrected chi connectivity index (χ1v) is 7.34. The van der Waals surface area contributed by atoms with E-state index in [-0.39, 0.29) is 22.4 Å². The van der Waals surface area contributed by atoms with Gasteiger partial charge in [-0.25, -0.2) is 0 Å². The van der Waals surface area contributed by atoms with Gasteiger partial charge in [-0.15, -0.1) is 0 Å². The van der Waals surface area contributed by atoms with Crippen molar-refractivity contribution in [2.24, 2.45) is 5.92 Å². The number of halogens is 1. The van der Waals surface area contributed by atoms with Gasteiger partial charge in [0.1, 0.15) is 6.10 Å². The van der Waals surface area contributed by atoms with Crippen molar-refractivity contribution in [3.8, 4) is 0 Å². The molecule has 2 N–H and O–H groups in total. The van der Waals surface area contributed by atoms with Crippen molar-refractivity contribution in [2.45, 2.75) is 51.1 Å². The van der Waals surface area contributed by atoms with E-state index in [0.29, 0.717) is 19.4 Å². The zero-order chi connectivity index (χ0) is 13.7. The predicted molar refractivity (Wildman–Crippen MR) is 74.6 cm³/mol. The quantitative estimate of drug-likeness (QED) is 0.513. The van der Waals surface area contributed by atoms with Gasteiger partial charge in [-0.05, 0) is 12.8 Å². The molecule has 0 aliphatic carbocycles. The van der Waals surface area contributed by atoms with Crippen molar-refractivity contribution in [3.63, 3.8) is 0 Å². The highest BCUT2D eigenvalue weighted by Gasteiger charge is 2.39. The van der Waals surface area contributed by atoms with Crippen LogP contribution in [0.25, 0.3) is 0 Å². The number of carbonyl (C=O) groups excluding carboxylic acids is 1. The molecule has 5 unspecified atom stereocenters. The smallest absolute Gasteiger partial charge is 0.221 e. The van der Waals surface area contributed by atoms with Gasteiger partial charge in [0, 0.05) is 35.1 Å². The van der Waals surface area contributed by atoms with Gasteiger partial charge in [0.25, 0.3) is 0 Å². The molecule has 0 amide bonds. The maximum Gasteiger partial charge on any atom is 0.221 e. The van der Waals surface area contributed by atoms with E-state index in [1.54, 1.807) is 22.6 Å². The summed E-state index contributed by atoms with van der Waals surface area (Å²) >= 11 is 1.73. The zero-order valence-corrected chi connectivity index (χ0v) is 12.9. The molecule has 1 saturated heterocycles. The molecule has 0 aromatic carbocycles. The number of rotatable bonds is 7. The summed E-state index contributed by atoms with van der Waals surface area (Å²) in [5.41, 5.74) is 0. The molecule has 0 bridgehead atoms. The second-order valence-corrected chi connectivity index (χ2v) is 5.68. The van der Waals surface area contributed by atoms with Gasteiger partial charge in [-0.1, -0.05) is 13.8 Å². The highest BCUT2D eigenvalue weighted by Crippen LogP contribution is 2.28. The molecule has 0 saturated carbocycles. The summed E-state index contributed by atoms with van der Waals surface area (Å²) in [4.78, 5) is 11.3. The van der Waals surface area contributed by atoms with E-state index in [2.05, 4.69) is 0 Å². The second-order valence-electron chi connectivity index (χ2n) is 4.62. The van der Waals surface area contributed by atoms with Crippen LogP contribution < -0.4 is 0 Å². The summed E-state index contributed by atoms with van der Waals surface area (Å²) in [5, 5.41) is 18.8. The Morgan fingerprint density at radius 1 is 1.61 bits per heavy atom. The van der Waals surface area contributed by atoms with Crippen LogP contribution in [0.5, 0.6) is 0 Å². The lowest BCUT2D eigenvalue weighted by molar-refractivity contribution is -0.118. The van der Waals surface area contributed by atoms with Gasteiger partial charge in [0.15, 0.2) is 0 Å². The normalized spacial score (nSPS) is 31.3. The summed E-state index contributed by atoms with van der Waals surface area (Å²) in [6, 6.07) is 0. The van der Waals surface area contributed by atoms with Crippen molar-refractivity contribution in [1.82, 2.24) is 0 Å². The van der Waals surface area contributed by atoms with Crippen molar-refractivity contribution in [1.29, 1.82) is 0 Å². The number of aliphatic hydroxyl groups excluding tert-OH is 2. The maximum absolute atomic E-state index is 11.3. The van der Waals surface area contributed by atoms with Crippen LogP contribution in [0.3, 0.4) is 0 Å². The fourth-order valence-electron chi connectivity index (χ4n) is 2.10. The first-order valence-electron chi connectivity index (χ1n) is 6.26. The Hall–Kier alpha value is 0.240. The van der Waals surface area contributed by atoms with Crippen molar-refractivity contribution < 1.29 is 24.5 Å². The van der Waals surface area contributed by atoms with Crippen LogP contribution >= 0.6 is 22.6 Å². The van der Waals surface area contributed by atoms with E-state index in [1.165, 1.54) is 0 Å². The molecule has 1 fully saturated rings. The third-order valence-corrected chi connectivity index (χ3v) is 3.95. The minimum Gasteiger partial charge on any atom is -0.396 e. The highest BCUT2D eigenvalue weighted by atomic mass is 127. The Morgan fingerprint density at radius 2 is 2.28 bits per heavy atom. The molecule has 18 heavy (non-hydrogen) atoms. The van der Waals surface area contributed by atoms with E-state index in [0.717, 1.165) is 0 Å². The van der Waals surface area contributed by atoms with Crippen molar-refractivity contribution in [3.05, 3.63) is 0 Å². The molecular weight excluding hydrogens is 351 g/mol. The molecule has 1 aliphatic rings. The molecule has 0 spiro atoms. The molecule has 6 heteroatoms. The van der Waals surface area contributed by atoms with Gasteiger partial charge in [0.05, 0.1) is 24.9 Å². The molecular formula is C12H21IO5. The minimum absolute atomic E-state index is 0.0269. The Labute approximate surface area is 121 Å². The van der Waals surface area contributed by atoms with Gasteiger partial charge < -0.3 is 19.7 Å². The summed E-state index contributed by atoms with van der Waals surface area (Å²) < 4.78 is 11.2. The monoisotopic (exact) mass is 372 g/mol. The van der Waals surface area contributed by atoms with Gasteiger partial charge in [-0.2, -0.15) is 0 Å². The van der Waals surface area contributed by atoms with E-state index in [9.17, 15) is 9.90 Å². The largest absolute Gasteiger partial charge is 0.396 e. The van der Waals surface area contributed by atoms with Gasteiger partial charge in [-0.3, -0.25) is 4.79 Å². The van der Waals surface area contributed by atoms with E-state index >= 15 is 0 Å². The summed E-state index contributed by atoms with van der Waals surface area (Å²) in [6.45, 7) is 4.11. The first kappa shape index (κ1) is 16.3. The molecule has 0 radical (unpaired) electrons. The number of hydrogen-bond donors (Lipinski definition) is 2. The molecule has 106 valence electrons. The Kier molecular flexibility index (Phi) is 7.01. The Bertz CT molecular complexity index is 273. The van der Waals surface area contributed by atoms with Crippen LogP contribution in [0.4, 0.5) is 0 Å². The number of aliphatic hydroxyl groups is 2. The van der Waals surface area contributed by atoms with Crippen LogP contribution in [0.1, 0.15) is 26.7 Å². The van der Waals surface area contributed by atoms with Crippen LogP contribution in [-0.4, -0.2) is 51.6 Å². The SMILES string of the molecule is CCC(O)C(CCO)OC1COC(C(=O)I)C1C. The number of hydrogen-bond acceptors (Lipinski definition) is 5. The fourth-order valence-corrected chi connectivity index (χ4v) is 2.85. The first-order chi connectivity index (χ1) is 8.51. The molecule has 1 heterocycles. The van der Waals surface area contributed by atoms with E-state index < -0.39 is 18.3 Å². The number of carbonyl (C=O) groups is 1. The van der Waals surface area contributed by atoms with Gasteiger partial charge in [0.2, 0.25) is 3.79 Å². The molecule has 5 nitrogen and oxygen atoms in total. The topological polar surface area (TPSA) is 76.0 Å². The minimum atomic E-state index is -0.598. The molecule has 1 aliphatic heterocycles. The lowest BCUT2D eigenvalue weighted by Gasteiger charge is -2.27. The van der Waals surface area contributed by atoms with Gasteiger partial charge >= 0.3 is 0 Å². The molecule has 1 rings (SSSR count). The summed E-state index contributed by atoms with van der Waals surface area (Å²) in [6.07, 6.45) is -0.670. The predicted octanol–water partition coefficient (Wildman–Crippen LogP) is 0.890. The second kappa shape index (κ2) is 7.74. The van der Waals surface area contributed by atoms with Crippen molar-refractivity contribution in [2.75, 3.05) is 13.2 Å². The van der Waals surface area contributed by atoms with Crippen LogP contribution in [0, 0.1) is 5.92 Å². The van der Waals surface area contributed by atoms with Crippen LogP contribution in [0.15, 0.2) is 0 Å². The lowest BCUT2D eigenvalue weighted by atomic mass is 10.0. The molecule has 0 aromatic heterocycles. The highest BCUT2D eigenvalue weighted by molar-refractivity contribution is 14.1. The summed E-state index contributed by atoms with van der Waals surface area (Å²) in [5.74, 6) is -0.0281. The molecule has 0 aromatic rings. The standard InChI is InChI=1S/C12H21IO5/c1-3-8(15)9(4-5-14)18-10-6-17-11(7(10)2)12(13)16/h7-11,14-15H,3-6H2,1-2H3. The summed E-state index contributed by atoms with van der Waals surface area (Å²) in [7, 11) is 0. The average Bonchev–Trinajstić information content (AvgIpc) is 2.69. The third-order valence-electron chi connectivity index (χ3n) is 3.34. The Morgan fingerprint density at radius 3 is 2.72 bits per heavy atom. The fraction of sp³-hybridized carbons (Fsp3) is 0.917. The average molecular weight is 372 g/mol. The van der Waals surface area contributed by atoms with Crippen LogP contribution in [-0.2, 0) is 14.3 Å². The van der Waals surface area contributed by atoms with E-state index in [1.807, 2.05) is 13.8 Å². The maximum atomic E-state index is 11.3. The number of ether oxygens (including phenoxy) is 2. The Balaban J connectivity index is 2.57. The van der Waals surface area contributed by atoms with Crippen LogP contribution in [0.2, 0.25) is 0 Å². The molecule has 5 atom stereocenters.